The van der Waals surface area contributed by atoms with E-state index in [0.717, 1.165) is 52.2 Å². The minimum Gasteiger partial charge on any atom is -0.497 e. The van der Waals surface area contributed by atoms with Gasteiger partial charge < -0.3 is 14.2 Å². The molecular formula is C22H25ClNO3+. The van der Waals surface area contributed by atoms with E-state index in [-0.39, 0.29) is 0 Å². The normalized spacial score (nSPS) is 10.9. The molecule has 0 amide bonds. The fourth-order valence-corrected chi connectivity index (χ4v) is 3.59. The Morgan fingerprint density at radius 3 is 2.15 bits per heavy atom. The zero-order valence-electron chi connectivity index (χ0n) is 16.2. The smallest absolute Gasteiger partial charge is 0.211 e. The molecule has 27 heavy (non-hydrogen) atoms. The van der Waals surface area contributed by atoms with Gasteiger partial charge in [0.15, 0.2) is 22.9 Å². The van der Waals surface area contributed by atoms with Crippen LogP contribution in [0.4, 0.5) is 0 Å². The Morgan fingerprint density at radius 1 is 0.889 bits per heavy atom. The molecule has 4 nitrogen and oxygen atoms in total. The monoisotopic (exact) mass is 386 g/mol. The van der Waals surface area contributed by atoms with Crippen molar-refractivity contribution in [1.82, 2.24) is 0 Å². The average molecular weight is 387 g/mol. The van der Waals surface area contributed by atoms with Gasteiger partial charge in [0.2, 0.25) is 5.69 Å². The summed E-state index contributed by atoms with van der Waals surface area (Å²) in [6, 6.07) is 14.4. The number of rotatable bonds is 7. The molecule has 0 fully saturated rings. The van der Waals surface area contributed by atoms with Crippen molar-refractivity contribution in [3.63, 3.8) is 0 Å². The van der Waals surface area contributed by atoms with Crippen LogP contribution in [0.2, 0.25) is 0 Å². The van der Waals surface area contributed by atoms with Gasteiger partial charge in [-0.05, 0) is 36.1 Å². The van der Waals surface area contributed by atoms with Crippen molar-refractivity contribution >= 4 is 22.4 Å². The van der Waals surface area contributed by atoms with E-state index in [1.165, 1.54) is 5.69 Å². The third-order valence-electron chi connectivity index (χ3n) is 4.73. The Bertz CT molecular complexity index is 939. The lowest BCUT2D eigenvalue weighted by Crippen LogP contribution is -2.39. The fraction of sp³-hybridized carbons (Fsp3) is 0.318. The molecule has 0 bridgehead atoms. The molecule has 1 heterocycles. The van der Waals surface area contributed by atoms with Gasteiger partial charge in [-0.2, -0.15) is 4.57 Å². The summed E-state index contributed by atoms with van der Waals surface area (Å²) in [6.45, 7) is 2.12. The second-order valence-electron chi connectivity index (χ2n) is 6.35. The average Bonchev–Trinajstić information content (AvgIpc) is 2.70. The lowest BCUT2D eigenvalue weighted by molar-refractivity contribution is -0.609. The summed E-state index contributed by atoms with van der Waals surface area (Å²) in [6.07, 6.45) is 1.76. The number of benzene rings is 2. The Labute approximate surface area is 165 Å². The lowest BCUT2D eigenvalue weighted by Gasteiger charge is -2.13. The highest BCUT2D eigenvalue weighted by Gasteiger charge is 2.23. The van der Waals surface area contributed by atoms with Gasteiger partial charge in [-0.25, -0.2) is 0 Å². The highest BCUT2D eigenvalue weighted by Crippen LogP contribution is 2.34. The van der Waals surface area contributed by atoms with Crippen LogP contribution in [-0.2, 0) is 6.42 Å². The number of nitrogens with zero attached hydrogens (tertiary/aromatic N) is 1. The van der Waals surface area contributed by atoms with Gasteiger partial charge in [-0.3, -0.25) is 0 Å². The number of ether oxygens (including phenoxy) is 3. The van der Waals surface area contributed by atoms with Crippen LogP contribution in [0, 0.1) is 6.92 Å². The maximum absolute atomic E-state index is 6.02. The van der Waals surface area contributed by atoms with Crippen LogP contribution in [0.1, 0.15) is 17.8 Å². The maximum atomic E-state index is 6.02. The molecule has 0 saturated carbocycles. The van der Waals surface area contributed by atoms with Crippen LogP contribution in [-0.4, -0.2) is 27.2 Å². The van der Waals surface area contributed by atoms with Gasteiger partial charge in [0.25, 0.3) is 0 Å². The SMILES string of the molecule is COc1ccc(-[n+]2c(C)cc3cc(OC)c(OC)cc3c2CCCCl)cc1. The summed E-state index contributed by atoms with van der Waals surface area (Å²) in [7, 11) is 4.99. The first kappa shape index (κ1) is 19.3. The number of aromatic nitrogens is 1. The summed E-state index contributed by atoms with van der Waals surface area (Å²) in [5.74, 6) is 2.91. The minimum atomic E-state index is 0.616. The van der Waals surface area contributed by atoms with Crippen LogP contribution in [0.25, 0.3) is 16.5 Å². The minimum absolute atomic E-state index is 0.616. The van der Waals surface area contributed by atoms with E-state index in [1.54, 1.807) is 21.3 Å². The summed E-state index contributed by atoms with van der Waals surface area (Å²) < 4.78 is 18.6. The first-order valence-electron chi connectivity index (χ1n) is 8.93. The third kappa shape index (κ3) is 3.81. The number of hydrogen-bond donors (Lipinski definition) is 0. The zero-order valence-corrected chi connectivity index (χ0v) is 17.0. The van der Waals surface area contributed by atoms with Crippen molar-refractivity contribution in [2.75, 3.05) is 27.2 Å². The highest BCUT2D eigenvalue weighted by molar-refractivity contribution is 6.17. The molecule has 1 aromatic heterocycles. The Kier molecular flexibility index (Phi) is 6.07. The first-order chi connectivity index (χ1) is 13.1. The van der Waals surface area contributed by atoms with Crippen molar-refractivity contribution in [2.45, 2.75) is 19.8 Å². The number of pyridine rings is 1. The van der Waals surface area contributed by atoms with E-state index in [2.05, 4.69) is 35.8 Å². The number of fused-ring (bicyclic) bond motifs is 1. The van der Waals surface area contributed by atoms with Crippen LogP contribution in [0.15, 0.2) is 42.5 Å². The summed E-state index contributed by atoms with van der Waals surface area (Å²) in [5, 5.41) is 2.26. The van der Waals surface area contributed by atoms with E-state index < -0.39 is 0 Å². The second-order valence-corrected chi connectivity index (χ2v) is 6.73. The fourth-order valence-electron chi connectivity index (χ4n) is 3.46. The molecule has 0 saturated heterocycles. The molecule has 0 radical (unpaired) electrons. The zero-order chi connectivity index (χ0) is 19.4. The van der Waals surface area contributed by atoms with Gasteiger partial charge in [0.05, 0.1) is 26.7 Å². The number of hydrogen-bond acceptors (Lipinski definition) is 3. The van der Waals surface area contributed by atoms with E-state index in [4.69, 9.17) is 25.8 Å². The molecule has 0 atom stereocenters. The number of methoxy groups -OCH3 is 3. The van der Waals surface area contributed by atoms with Crippen molar-refractivity contribution < 1.29 is 18.8 Å². The molecular weight excluding hydrogens is 362 g/mol. The van der Waals surface area contributed by atoms with Crippen LogP contribution in [0.3, 0.4) is 0 Å². The Hall–Kier alpha value is -2.46. The van der Waals surface area contributed by atoms with E-state index in [1.807, 2.05) is 18.2 Å². The number of alkyl halides is 1. The maximum Gasteiger partial charge on any atom is 0.211 e. The highest BCUT2D eigenvalue weighted by atomic mass is 35.5. The van der Waals surface area contributed by atoms with Crippen LogP contribution in [0.5, 0.6) is 17.2 Å². The van der Waals surface area contributed by atoms with Gasteiger partial charge in [-0.1, -0.05) is 0 Å². The van der Waals surface area contributed by atoms with Crippen molar-refractivity contribution in [1.29, 1.82) is 0 Å². The van der Waals surface area contributed by atoms with Crippen LogP contribution >= 0.6 is 11.6 Å². The van der Waals surface area contributed by atoms with Gasteiger partial charge in [0, 0.05) is 37.4 Å². The largest absolute Gasteiger partial charge is 0.497 e. The lowest BCUT2D eigenvalue weighted by atomic mass is 10.0. The van der Waals surface area contributed by atoms with Gasteiger partial charge in [-0.15, -0.1) is 11.6 Å². The van der Waals surface area contributed by atoms with Crippen LogP contribution < -0.4 is 18.8 Å². The summed E-state index contributed by atoms with van der Waals surface area (Å²) in [5.41, 5.74) is 3.44. The molecule has 0 aliphatic heterocycles. The quantitative estimate of drug-likeness (QED) is 0.438. The summed E-state index contributed by atoms with van der Waals surface area (Å²) >= 11 is 6.02. The Morgan fingerprint density at radius 2 is 1.56 bits per heavy atom. The van der Waals surface area contributed by atoms with E-state index >= 15 is 0 Å². The predicted octanol–water partition coefficient (Wildman–Crippen LogP) is 4.62. The van der Waals surface area contributed by atoms with E-state index in [9.17, 15) is 0 Å². The molecule has 3 rings (SSSR count). The molecule has 2 aromatic carbocycles. The first-order valence-corrected chi connectivity index (χ1v) is 9.47. The molecule has 0 N–H and O–H groups in total. The molecule has 3 aromatic rings. The number of aryl methyl sites for hydroxylation is 2. The standard InChI is InChI=1S/C22H25ClNO3/c1-15-12-16-13-21(26-3)22(27-4)14-19(16)20(6-5-11-23)24(15)17-7-9-18(25-2)10-8-17/h7-10,12-14H,5-6,11H2,1-4H3/q+1. The van der Waals surface area contributed by atoms with Crippen molar-refractivity contribution in [2.24, 2.45) is 0 Å². The molecule has 0 spiro atoms. The third-order valence-corrected chi connectivity index (χ3v) is 5.00. The summed E-state index contributed by atoms with van der Waals surface area (Å²) in [4.78, 5) is 0. The van der Waals surface area contributed by atoms with E-state index in [0.29, 0.717) is 5.88 Å². The number of halogens is 1. The Balaban J connectivity index is 2.28. The molecule has 0 unspecified atom stereocenters. The van der Waals surface area contributed by atoms with Gasteiger partial charge >= 0.3 is 0 Å². The van der Waals surface area contributed by atoms with Crippen molar-refractivity contribution in [3.05, 3.63) is 53.9 Å². The van der Waals surface area contributed by atoms with Gasteiger partial charge in [0.1, 0.15) is 5.75 Å². The molecule has 0 aliphatic carbocycles. The predicted molar refractivity (Wildman–Crippen MR) is 109 cm³/mol. The molecule has 0 aliphatic rings. The second kappa shape index (κ2) is 8.49. The molecule has 142 valence electrons. The topological polar surface area (TPSA) is 31.6 Å². The molecule has 5 heteroatoms. The van der Waals surface area contributed by atoms with Crippen molar-refractivity contribution in [3.8, 4) is 22.9 Å².